The van der Waals surface area contributed by atoms with E-state index >= 15 is 0 Å². The minimum Gasteiger partial charge on any atom is -0.493 e. The maximum absolute atomic E-state index is 11.0. The van der Waals surface area contributed by atoms with Crippen molar-refractivity contribution in [3.05, 3.63) is 47.5 Å². The predicted octanol–water partition coefficient (Wildman–Crippen LogP) is -1.21. The molecule has 7 N–H and O–H groups in total. The molecule has 0 amide bonds. The van der Waals surface area contributed by atoms with Crippen molar-refractivity contribution in [1.29, 1.82) is 0 Å². The Morgan fingerprint density at radius 1 is 0.592 bits per heavy atom. The van der Waals surface area contributed by atoms with Crippen LogP contribution in [-0.4, -0.2) is 145 Å². The molecule has 4 aliphatic heterocycles. The molecule has 6 rings (SSSR count). The second-order valence-corrected chi connectivity index (χ2v) is 12.5. The first-order chi connectivity index (χ1) is 23.6. The Hall–Kier alpha value is -2.84. The summed E-state index contributed by atoms with van der Waals surface area (Å²) in [5.74, 6) is 1.86. The molecule has 0 aromatic heterocycles. The Kier molecular flexibility index (Phi) is 11.1. The molecule has 4 heterocycles. The fraction of sp³-hybridized carbons (Fsp3) is 0.636. The van der Waals surface area contributed by atoms with Gasteiger partial charge in [0.1, 0.15) is 48.8 Å². The van der Waals surface area contributed by atoms with Gasteiger partial charge in [0.2, 0.25) is 6.29 Å². The standard InChI is InChI=1S/C33H44O16/c1-41-18-6-4-14(8-20(18)42-2)29-16-12-45-30(17(16)13-44-29)15-5-7-19(21(9-15)43-3)46-32-28(40)26(38)31(23(11-35)48-32)49-33-27(39)25(37)24(36)22(10-34)47-33/h4-9,16-17,22-40H,10-13H2,1-3H3/t16-,17+,22-,23-,24+,25+,26-,27+,28+,29-,30+,31+,32+,33-/m0/s1. The highest BCUT2D eigenvalue weighted by Gasteiger charge is 2.52. The van der Waals surface area contributed by atoms with Crippen LogP contribution in [0.1, 0.15) is 23.3 Å². The zero-order valence-corrected chi connectivity index (χ0v) is 27.2. The van der Waals surface area contributed by atoms with Crippen LogP contribution in [0.4, 0.5) is 0 Å². The minimum absolute atomic E-state index is 0.0548. The lowest BCUT2D eigenvalue weighted by atomic mass is 9.85. The molecule has 0 aliphatic carbocycles. The van der Waals surface area contributed by atoms with Crippen molar-refractivity contribution in [3.63, 3.8) is 0 Å². The van der Waals surface area contributed by atoms with E-state index < -0.39 is 74.6 Å². The first-order valence-electron chi connectivity index (χ1n) is 16.0. The molecule has 2 aromatic carbocycles. The van der Waals surface area contributed by atoms with E-state index in [1.165, 1.54) is 7.11 Å². The molecule has 49 heavy (non-hydrogen) atoms. The maximum atomic E-state index is 11.0. The van der Waals surface area contributed by atoms with Crippen molar-refractivity contribution < 1.29 is 78.4 Å². The van der Waals surface area contributed by atoms with E-state index in [9.17, 15) is 35.7 Å². The summed E-state index contributed by atoms with van der Waals surface area (Å²) in [6.07, 6.45) is -16.2. The van der Waals surface area contributed by atoms with Crippen molar-refractivity contribution in [2.24, 2.45) is 11.8 Å². The van der Waals surface area contributed by atoms with Crippen LogP contribution in [0.2, 0.25) is 0 Å². The lowest BCUT2D eigenvalue weighted by Crippen LogP contribution is -2.65. The van der Waals surface area contributed by atoms with Crippen molar-refractivity contribution in [3.8, 4) is 23.0 Å². The molecule has 16 nitrogen and oxygen atoms in total. The number of hydrogen-bond donors (Lipinski definition) is 7. The molecule has 4 saturated heterocycles. The van der Waals surface area contributed by atoms with Crippen molar-refractivity contribution in [2.45, 2.75) is 73.6 Å². The molecule has 0 bridgehead atoms. The number of ether oxygens (including phenoxy) is 9. The van der Waals surface area contributed by atoms with Gasteiger partial charge in [-0.3, -0.25) is 0 Å². The third-order valence-corrected chi connectivity index (χ3v) is 9.72. The molecule has 16 heteroatoms. The Labute approximate surface area is 282 Å². The number of benzene rings is 2. The van der Waals surface area contributed by atoms with Gasteiger partial charge in [-0.15, -0.1) is 0 Å². The molecule has 0 radical (unpaired) electrons. The van der Waals surface area contributed by atoms with Crippen LogP contribution in [0.15, 0.2) is 36.4 Å². The summed E-state index contributed by atoms with van der Waals surface area (Å²) in [7, 11) is 4.62. The first kappa shape index (κ1) is 36.0. The summed E-state index contributed by atoms with van der Waals surface area (Å²) in [5.41, 5.74) is 1.78. The fourth-order valence-electron chi connectivity index (χ4n) is 7.00. The van der Waals surface area contributed by atoms with Gasteiger partial charge < -0.3 is 78.4 Å². The number of fused-ring (bicyclic) bond motifs is 1. The second kappa shape index (κ2) is 15.2. The molecule has 0 unspecified atom stereocenters. The molecule has 2 aromatic rings. The number of methoxy groups -OCH3 is 3. The SMILES string of the molecule is COc1ccc([C@@H]2OC[C@@H]3[C@@H]2CO[C@@H]3c2ccc(O[C@@H]3O[C@@H](CO)[C@@H](O[C@@H]4O[C@@H](CO)[C@@H](O)[C@@H](O)[C@H]4O)[C@@H](O)[C@H]3O)c(OC)c2)cc1OC. The lowest BCUT2D eigenvalue weighted by molar-refractivity contribution is -0.352. The van der Waals surface area contributed by atoms with Gasteiger partial charge in [-0.1, -0.05) is 12.1 Å². The summed E-state index contributed by atoms with van der Waals surface area (Å²) in [6.45, 7) is -0.442. The van der Waals surface area contributed by atoms with Crippen LogP contribution in [0.3, 0.4) is 0 Å². The minimum atomic E-state index is -1.77. The molecule has 272 valence electrons. The van der Waals surface area contributed by atoms with Crippen molar-refractivity contribution in [1.82, 2.24) is 0 Å². The number of aliphatic hydroxyl groups is 7. The highest BCUT2D eigenvalue weighted by atomic mass is 16.7. The van der Waals surface area contributed by atoms with E-state index in [1.807, 2.05) is 18.2 Å². The molecule has 4 aliphatic rings. The maximum Gasteiger partial charge on any atom is 0.229 e. The average Bonchev–Trinajstić information content (AvgIpc) is 3.74. The Balaban J connectivity index is 1.13. The topological polar surface area (TPSA) is 225 Å². The van der Waals surface area contributed by atoms with Crippen LogP contribution in [0.25, 0.3) is 0 Å². The van der Waals surface area contributed by atoms with E-state index in [1.54, 1.807) is 32.4 Å². The monoisotopic (exact) mass is 696 g/mol. The second-order valence-electron chi connectivity index (χ2n) is 12.5. The molecule has 4 fully saturated rings. The van der Waals surface area contributed by atoms with E-state index in [2.05, 4.69) is 0 Å². The van der Waals surface area contributed by atoms with Crippen LogP contribution < -0.4 is 18.9 Å². The van der Waals surface area contributed by atoms with Gasteiger partial charge in [0, 0.05) is 11.8 Å². The van der Waals surface area contributed by atoms with Crippen molar-refractivity contribution >= 4 is 0 Å². The van der Waals surface area contributed by atoms with E-state index in [-0.39, 0.29) is 29.8 Å². The Morgan fingerprint density at radius 3 is 1.65 bits per heavy atom. The van der Waals surface area contributed by atoms with Crippen molar-refractivity contribution in [2.75, 3.05) is 47.8 Å². The van der Waals surface area contributed by atoms with Gasteiger partial charge in [0.25, 0.3) is 0 Å². The Bertz CT molecular complexity index is 1410. The predicted molar refractivity (Wildman–Crippen MR) is 164 cm³/mol. The third kappa shape index (κ3) is 6.81. The van der Waals surface area contributed by atoms with E-state index in [0.717, 1.165) is 11.1 Å². The van der Waals surface area contributed by atoms with Crippen LogP contribution in [0, 0.1) is 11.8 Å². The molecular weight excluding hydrogens is 652 g/mol. The van der Waals surface area contributed by atoms with Gasteiger partial charge >= 0.3 is 0 Å². The number of hydrogen-bond acceptors (Lipinski definition) is 16. The third-order valence-electron chi connectivity index (χ3n) is 9.72. The van der Waals surface area contributed by atoms with Crippen LogP contribution in [-0.2, 0) is 23.7 Å². The fourth-order valence-corrected chi connectivity index (χ4v) is 7.00. The van der Waals surface area contributed by atoms with Gasteiger partial charge in [0.15, 0.2) is 29.3 Å². The Morgan fingerprint density at radius 2 is 1.10 bits per heavy atom. The van der Waals surface area contributed by atoms with E-state index in [0.29, 0.717) is 30.5 Å². The normalized spacial score (nSPS) is 39.0. The molecular formula is C33H44O16. The summed E-state index contributed by atoms with van der Waals surface area (Å²) >= 11 is 0. The average molecular weight is 697 g/mol. The van der Waals surface area contributed by atoms with E-state index in [4.69, 9.17) is 42.6 Å². The van der Waals surface area contributed by atoms with Gasteiger partial charge in [-0.25, -0.2) is 0 Å². The summed E-state index contributed by atoms with van der Waals surface area (Å²) in [6, 6.07) is 10.9. The number of aliphatic hydroxyl groups excluding tert-OH is 7. The summed E-state index contributed by atoms with van der Waals surface area (Å²) in [4.78, 5) is 0. The van der Waals surface area contributed by atoms with Gasteiger partial charge in [-0.2, -0.15) is 0 Å². The zero-order chi connectivity index (χ0) is 35.0. The van der Waals surface area contributed by atoms with Gasteiger partial charge in [0.05, 0.1) is 60.0 Å². The molecule has 14 atom stereocenters. The summed E-state index contributed by atoms with van der Waals surface area (Å²) < 4.78 is 51.6. The summed E-state index contributed by atoms with van der Waals surface area (Å²) in [5, 5.41) is 72.0. The highest BCUT2D eigenvalue weighted by molar-refractivity contribution is 5.45. The molecule has 0 saturated carbocycles. The van der Waals surface area contributed by atoms with Crippen LogP contribution in [0.5, 0.6) is 23.0 Å². The lowest BCUT2D eigenvalue weighted by Gasteiger charge is -2.45. The zero-order valence-electron chi connectivity index (χ0n) is 27.2. The highest BCUT2D eigenvalue weighted by Crippen LogP contribution is 2.51. The quantitative estimate of drug-likeness (QED) is 0.146. The largest absolute Gasteiger partial charge is 0.493 e. The van der Waals surface area contributed by atoms with Gasteiger partial charge in [-0.05, 0) is 35.4 Å². The smallest absolute Gasteiger partial charge is 0.229 e. The first-order valence-corrected chi connectivity index (χ1v) is 16.0. The number of rotatable bonds is 11. The van der Waals surface area contributed by atoms with Crippen LogP contribution >= 0.6 is 0 Å². The molecule has 0 spiro atoms.